The highest BCUT2D eigenvalue weighted by Gasteiger charge is 2.28. The van der Waals surface area contributed by atoms with E-state index in [1.807, 2.05) is 6.92 Å². The summed E-state index contributed by atoms with van der Waals surface area (Å²) in [7, 11) is 0. The van der Waals surface area contributed by atoms with Crippen molar-refractivity contribution in [3.05, 3.63) is 24.3 Å². The molecular formula is C14H19N3O3. The first kappa shape index (κ1) is 14.2. The maximum Gasteiger partial charge on any atom is 0.319 e. The van der Waals surface area contributed by atoms with Crippen molar-refractivity contribution in [2.75, 3.05) is 11.9 Å². The number of primary amides is 1. The Balaban J connectivity index is 1.80. The second-order valence-electron chi connectivity index (χ2n) is 5.00. The second kappa shape index (κ2) is 6.27. The number of rotatable bonds is 6. The van der Waals surface area contributed by atoms with Gasteiger partial charge in [0.1, 0.15) is 5.75 Å². The van der Waals surface area contributed by atoms with Crippen LogP contribution in [0.3, 0.4) is 0 Å². The van der Waals surface area contributed by atoms with Crippen molar-refractivity contribution in [3.63, 3.8) is 0 Å². The van der Waals surface area contributed by atoms with E-state index in [1.54, 1.807) is 24.3 Å². The van der Waals surface area contributed by atoms with E-state index in [4.69, 9.17) is 10.5 Å². The molecule has 1 atom stereocenters. The Morgan fingerprint density at radius 1 is 1.35 bits per heavy atom. The molecular weight excluding hydrogens is 258 g/mol. The van der Waals surface area contributed by atoms with Crippen LogP contribution in [0, 0.1) is 5.92 Å². The Morgan fingerprint density at radius 2 is 2.00 bits per heavy atom. The molecule has 1 aromatic rings. The topological polar surface area (TPSA) is 93.4 Å². The molecule has 0 spiro atoms. The normalized spacial score (nSPS) is 15.2. The minimum Gasteiger partial charge on any atom is -0.484 e. The monoisotopic (exact) mass is 277 g/mol. The van der Waals surface area contributed by atoms with Crippen LogP contribution in [-0.4, -0.2) is 24.6 Å². The lowest BCUT2D eigenvalue weighted by molar-refractivity contribution is -0.119. The molecule has 3 amide bonds. The minimum absolute atomic E-state index is 0.161. The molecule has 1 unspecified atom stereocenters. The van der Waals surface area contributed by atoms with Gasteiger partial charge in [-0.3, -0.25) is 4.79 Å². The summed E-state index contributed by atoms with van der Waals surface area (Å²) in [5.74, 6) is 0.618. The van der Waals surface area contributed by atoms with Crippen molar-refractivity contribution in [3.8, 4) is 5.75 Å². The third-order valence-electron chi connectivity index (χ3n) is 3.18. The summed E-state index contributed by atoms with van der Waals surface area (Å²) < 4.78 is 5.13. The van der Waals surface area contributed by atoms with E-state index in [9.17, 15) is 9.59 Å². The Kier molecular flexibility index (Phi) is 4.45. The van der Waals surface area contributed by atoms with Gasteiger partial charge in [-0.15, -0.1) is 0 Å². The Hall–Kier alpha value is -2.24. The third kappa shape index (κ3) is 4.46. The van der Waals surface area contributed by atoms with Crippen LogP contribution < -0.4 is 21.1 Å². The number of benzene rings is 1. The Bertz CT molecular complexity index is 483. The van der Waals surface area contributed by atoms with Crippen molar-refractivity contribution < 1.29 is 14.3 Å². The van der Waals surface area contributed by atoms with E-state index in [-0.39, 0.29) is 18.7 Å². The van der Waals surface area contributed by atoms with Crippen molar-refractivity contribution in [2.45, 2.75) is 25.8 Å². The molecule has 0 aromatic heterocycles. The van der Waals surface area contributed by atoms with E-state index < -0.39 is 5.91 Å². The van der Waals surface area contributed by atoms with Gasteiger partial charge in [0.05, 0.1) is 0 Å². The maximum absolute atomic E-state index is 11.7. The van der Waals surface area contributed by atoms with E-state index >= 15 is 0 Å². The quantitative estimate of drug-likeness (QED) is 0.735. The molecule has 20 heavy (non-hydrogen) atoms. The second-order valence-corrected chi connectivity index (χ2v) is 5.00. The van der Waals surface area contributed by atoms with Crippen LogP contribution in [0.25, 0.3) is 0 Å². The highest BCUT2D eigenvalue weighted by molar-refractivity contribution is 5.89. The molecule has 0 bridgehead atoms. The number of hydrogen-bond acceptors (Lipinski definition) is 3. The van der Waals surface area contributed by atoms with E-state index in [0.29, 0.717) is 17.4 Å². The Labute approximate surface area is 117 Å². The zero-order valence-electron chi connectivity index (χ0n) is 11.4. The first-order valence-electron chi connectivity index (χ1n) is 6.63. The SMILES string of the molecule is CC(NC(=O)Nc1ccc(OCC(N)=O)cc1)C1CC1. The number of urea groups is 1. The first-order chi connectivity index (χ1) is 9.54. The van der Waals surface area contributed by atoms with Crippen LogP contribution in [0.5, 0.6) is 5.75 Å². The molecule has 0 heterocycles. The lowest BCUT2D eigenvalue weighted by Gasteiger charge is -2.13. The summed E-state index contributed by atoms with van der Waals surface area (Å²) in [6.07, 6.45) is 2.38. The number of carbonyl (C=O) groups excluding carboxylic acids is 2. The van der Waals surface area contributed by atoms with E-state index in [2.05, 4.69) is 10.6 Å². The summed E-state index contributed by atoms with van der Waals surface area (Å²) in [4.78, 5) is 22.3. The number of nitrogens with two attached hydrogens (primary N) is 1. The predicted octanol–water partition coefficient (Wildman–Crippen LogP) is 1.47. The first-order valence-corrected chi connectivity index (χ1v) is 6.63. The molecule has 1 aliphatic carbocycles. The average molecular weight is 277 g/mol. The maximum atomic E-state index is 11.7. The van der Waals surface area contributed by atoms with Gasteiger partial charge in [0.2, 0.25) is 0 Å². The fraction of sp³-hybridized carbons (Fsp3) is 0.429. The molecule has 1 saturated carbocycles. The highest BCUT2D eigenvalue weighted by atomic mass is 16.5. The van der Waals surface area contributed by atoms with Crippen LogP contribution in [0.15, 0.2) is 24.3 Å². The zero-order valence-corrected chi connectivity index (χ0v) is 11.4. The molecule has 1 aromatic carbocycles. The molecule has 1 fully saturated rings. The highest BCUT2D eigenvalue weighted by Crippen LogP contribution is 2.32. The molecule has 2 rings (SSSR count). The number of nitrogens with one attached hydrogen (secondary N) is 2. The van der Waals surface area contributed by atoms with E-state index in [0.717, 1.165) is 0 Å². The van der Waals surface area contributed by atoms with Crippen LogP contribution >= 0.6 is 0 Å². The van der Waals surface area contributed by atoms with Gasteiger partial charge in [-0.1, -0.05) is 0 Å². The number of hydrogen-bond donors (Lipinski definition) is 3. The van der Waals surface area contributed by atoms with Gasteiger partial charge in [-0.2, -0.15) is 0 Å². The van der Waals surface area contributed by atoms with Gasteiger partial charge >= 0.3 is 6.03 Å². The van der Waals surface area contributed by atoms with Crippen molar-refractivity contribution >= 4 is 17.6 Å². The molecule has 0 saturated heterocycles. The summed E-state index contributed by atoms with van der Waals surface area (Å²) in [6, 6.07) is 6.74. The van der Waals surface area contributed by atoms with Crippen LogP contribution in [-0.2, 0) is 4.79 Å². The zero-order chi connectivity index (χ0) is 14.5. The minimum atomic E-state index is -0.527. The fourth-order valence-corrected chi connectivity index (χ4v) is 1.88. The lowest BCUT2D eigenvalue weighted by atomic mass is 10.2. The van der Waals surface area contributed by atoms with Gasteiger partial charge in [-0.05, 0) is 49.9 Å². The lowest BCUT2D eigenvalue weighted by Crippen LogP contribution is -2.37. The molecule has 6 heteroatoms. The fourth-order valence-electron chi connectivity index (χ4n) is 1.88. The number of carbonyl (C=O) groups is 2. The van der Waals surface area contributed by atoms with Gasteiger partial charge in [0.25, 0.3) is 5.91 Å². The predicted molar refractivity (Wildman–Crippen MR) is 75.5 cm³/mol. The molecule has 108 valence electrons. The van der Waals surface area contributed by atoms with Gasteiger partial charge in [0.15, 0.2) is 6.61 Å². The molecule has 4 N–H and O–H groups in total. The molecule has 0 radical (unpaired) electrons. The molecule has 6 nitrogen and oxygen atoms in total. The van der Waals surface area contributed by atoms with Crippen molar-refractivity contribution in [1.29, 1.82) is 0 Å². The number of ether oxygens (including phenoxy) is 1. The van der Waals surface area contributed by atoms with Gasteiger partial charge < -0.3 is 21.1 Å². The van der Waals surface area contributed by atoms with Gasteiger partial charge in [0, 0.05) is 11.7 Å². The largest absolute Gasteiger partial charge is 0.484 e. The van der Waals surface area contributed by atoms with Crippen molar-refractivity contribution in [1.82, 2.24) is 5.32 Å². The number of amides is 3. The Morgan fingerprint density at radius 3 is 2.55 bits per heavy atom. The summed E-state index contributed by atoms with van der Waals surface area (Å²) in [6.45, 7) is 1.85. The van der Waals surface area contributed by atoms with Crippen LogP contribution in [0.1, 0.15) is 19.8 Å². The summed E-state index contributed by atoms with van der Waals surface area (Å²) >= 11 is 0. The number of anilines is 1. The van der Waals surface area contributed by atoms with Crippen LogP contribution in [0.2, 0.25) is 0 Å². The summed E-state index contributed by atoms with van der Waals surface area (Å²) in [5.41, 5.74) is 5.65. The third-order valence-corrected chi connectivity index (χ3v) is 3.18. The smallest absolute Gasteiger partial charge is 0.319 e. The van der Waals surface area contributed by atoms with Gasteiger partial charge in [-0.25, -0.2) is 4.79 Å². The molecule has 0 aliphatic heterocycles. The standard InChI is InChI=1S/C14H19N3O3/c1-9(10-2-3-10)16-14(19)17-11-4-6-12(7-5-11)20-8-13(15)18/h4-7,9-10H,2-3,8H2,1H3,(H2,15,18)(H2,16,17,19). The van der Waals surface area contributed by atoms with E-state index in [1.165, 1.54) is 12.8 Å². The molecule has 1 aliphatic rings. The average Bonchev–Trinajstić information content (AvgIpc) is 3.22. The van der Waals surface area contributed by atoms with Crippen LogP contribution in [0.4, 0.5) is 10.5 Å². The van der Waals surface area contributed by atoms with Crippen molar-refractivity contribution in [2.24, 2.45) is 11.7 Å². The summed E-state index contributed by atoms with van der Waals surface area (Å²) in [5, 5.41) is 5.65.